The maximum absolute atomic E-state index is 12.3. The zero-order chi connectivity index (χ0) is 22.8. The molecular weight excluding hydrogens is 436 g/mol. The minimum Gasteiger partial charge on any atom is -0.379 e. The van der Waals surface area contributed by atoms with Crippen LogP contribution in [0.4, 0.5) is 5.82 Å². The molecule has 0 radical (unpaired) electrons. The number of nitrogens with one attached hydrogen (secondary N) is 1. The number of anilines is 1. The lowest BCUT2D eigenvalue weighted by Crippen LogP contribution is -2.41. The SMILES string of the molecule is CC(C)NC(=O)CN1CCCN(c2nc(CN3CCOCC3)nc3sc4c(c23)CCC4)CC1. The van der Waals surface area contributed by atoms with Crippen LogP contribution >= 0.6 is 11.3 Å². The van der Waals surface area contributed by atoms with E-state index in [1.807, 2.05) is 25.2 Å². The summed E-state index contributed by atoms with van der Waals surface area (Å²) in [6.07, 6.45) is 4.59. The van der Waals surface area contributed by atoms with E-state index in [9.17, 15) is 4.79 Å². The van der Waals surface area contributed by atoms with Gasteiger partial charge in [0, 0.05) is 50.2 Å². The molecule has 33 heavy (non-hydrogen) atoms. The molecule has 0 aromatic carbocycles. The van der Waals surface area contributed by atoms with Crippen molar-refractivity contribution in [1.82, 2.24) is 25.1 Å². The lowest BCUT2D eigenvalue weighted by atomic mass is 10.1. The minimum absolute atomic E-state index is 0.117. The number of carbonyl (C=O) groups excluding carboxylic acids is 1. The smallest absolute Gasteiger partial charge is 0.234 e. The van der Waals surface area contributed by atoms with Crippen molar-refractivity contribution in [2.45, 2.75) is 52.1 Å². The van der Waals surface area contributed by atoms with Crippen LogP contribution in [0.1, 0.15) is 43.0 Å². The Kier molecular flexibility index (Phi) is 7.10. The molecule has 1 amide bonds. The van der Waals surface area contributed by atoms with E-state index in [2.05, 4.69) is 20.0 Å². The van der Waals surface area contributed by atoms with E-state index in [4.69, 9.17) is 14.7 Å². The predicted octanol–water partition coefficient (Wildman–Crippen LogP) is 2.05. The van der Waals surface area contributed by atoms with Crippen molar-refractivity contribution < 1.29 is 9.53 Å². The average Bonchev–Trinajstić information content (AvgIpc) is 3.28. The van der Waals surface area contributed by atoms with Crippen molar-refractivity contribution in [2.24, 2.45) is 0 Å². The van der Waals surface area contributed by atoms with Gasteiger partial charge in [0.05, 0.1) is 31.7 Å². The van der Waals surface area contributed by atoms with E-state index in [1.54, 1.807) is 0 Å². The van der Waals surface area contributed by atoms with Gasteiger partial charge in [0.25, 0.3) is 0 Å². The van der Waals surface area contributed by atoms with Gasteiger partial charge < -0.3 is 15.0 Å². The Balaban J connectivity index is 1.38. The largest absolute Gasteiger partial charge is 0.379 e. The molecular formula is C24H36N6O2S. The van der Waals surface area contributed by atoms with Gasteiger partial charge in [-0.2, -0.15) is 0 Å². The summed E-state index contributed by atoms with van der Waals surface area (Å²) >= 11 is 1.88. The Morgan fingerprint density at radius 2 is 1.88 bits per heavy atom. The molecule has 2 aromatic rings. The molecule has 1 N–H and O–H groups in total. The first-order chi connectivity index (χ1) is 16.1. The second-order valence-corrected chi connectivity index (χ2v) is 10.8. The zero-order valence-electron chi connectivity index (χ0n) is 19.9. The number of thiophene rings is 1. The molecule has 2 saturated heterocycles. The monoisotopic (exact) mass is 472 g/mol. The first kappa shape index (κ1) is 23.0. The molecule has 0 spiro atoms. The topological polar surface area (TPSA) is 73.8 Å². The number of ether oxygens (including phenoxy) is 1. The Labute approximate surface area is 200 Å². The number of aryl methyl sites for hydroxylation is 2. The first-order valence-electron chi connectivity index (χ1n) is 12.4. The van der Waals surface area contributed by atoms with Gasteiger partial charge in [-0.25, -0.2) is 9.97 Å². The number of morpholine rings is 1. The summed E-state index contributed by atoms with van der Waals surface area (Å²) in [4.78, 5) is 32.3. The highest BCUT2D eigenvalue weighted by Gasteiger charge is 2.27. The van der Waals surface area contributed by atoms with Gasteiger partial charge in [-0.1, -0.05) is 0 Å². The summed E-state index contributed by atoms with van der Waals surface area (Å²) in [5.74, 6) is 2.17. The van der Waals surface area contributed by atoms with E-state index >= 15 is 0 Å². The summed E-state index contributed by atoms with van der Waals surface area (Å²) < 4.78 is 5.52. The zero-order valence-corrected chi connectivity index (χ0v) is 20.8. The maximum Gasteiger partial charge on any atom is 0.234 e. The van der Waals surface area contributed by atoms with Gasteiger partial charge in [-0.15, -0.1) is 11.3 Å². The first-order valence-corrected chi connectivity index (χ1v) is 13.3. The third-order valence-corrected chi connectivity index (χ3v) is 7.95. The van der Waals surface area contributed by atoms with Gasteiger partial charge in [0.15, 0.2) is 0 Å². The number of fused-ring (bicyclic) bond motifs is 3. The van der Waals surface area contributed by atoms with Crippen molar-refractivity contribution in [3.05, 3.63) is 16.3 Å². The van der Waals surface area contributed by atoms with Crippen LogP contribution in [-0.2, 0) is 28.9 Å². The normalized spacial score (nSPS) is 20.4. The van der Waals surface area contributed by atoms with E-state index < -0.39 is 0 Å². The lowest BCUT2D eigenvalue weighted by molar-refractivity contribution is -0.122. The number of rotatable bonds is 6. The predicted molar refractivity (Wildman–Crippen MR) is 132 cm³/mol. The molecule has 9 heteroatoms. The number of hydrogen-bond acceptors (Lipinski definition) is 8. The Bertz CT molecular complexity index is 987. The minimum atomic E-state index is 0.117. The molecule has 2 fully saturated rings. The quantitative estimate of drug-likeness (QED) is 0.690. The number of carbonyl (C=O) groups is 1. The summed E-state index contributed by atoms with van der Waals surface area (Å²) in [7, 11) is 0. The highest BCUT2D eigenvalue weighted by atomic mass is 32.1. The number of aromatic nitrogens is 2. The van der Waals surface area contributed by atoms with Gasteiger partial charge in [-0.05, 0) is 45.1 Å². The molecule has 0 atom stereocenters. The number of hydrogen-bond donors (Lipinski definition) is 1. The average molecular weight is 473 g/mol. The van der Waals surface area contributed by atoms with Crippen LogP contribution in [0, 0.1) is 0 Å². The molecule has 2 aromatic heterocycles. The standard InChI is InChI=1S/C24H36N6O2S/c1-17(2)25-21(31)16-28-7-4-8-30(10-9-28)23-22-18-5-3-6-19(18)33-24(22)27-20(26-23)15-29-11-13-32-14-12-29/h17H,3-16H2,1-2H3,(H,25,31). The van der Waals surface area contributed by atoms with Crippen LogP contribution in [0.2, 0.25) is 0 Å². The molecule has 0 bridgehead atoms. The highest BCUT2D eigenvalue weighted by molar-refractivity contribution is 7.19. The molecule has 5 rings (SSSR count). The summed E-state index contributed by atoms with van der Waals surface area (Å²) in [6.45, 7) is 12.4. The summed E-state index contributed by atoms with van der Waals surface area (Å²) in [6, 6.07) is 0.181. The van der Waals surface area contributed by atoms with Crippen molar-refractivity contribution in [2.75, 3.05) is 63.9 Å². The summed E-state index contributed by atoms with van der Waals surface area (Å²) in [5, 5.41) is 4.32. The van der Waals surface area contributed by atoms with Crippen LogP contribution in [0.5, 0.6) is 0 Å². The van der Waals surface area contributed by atoms with Crippen LogP contribution in [0.25, 0.3) is 10.2 Å². The Morgan fingerprint density at radius 1 is 1.03 bits per heavy atom. The van der Waals surface area contributed by atoms with E-state index in [0.717, 1.165) is 88.3 Å². The molecule has 2 aliphatic heterocycles. The van der Waals surface area contributed by atoms with Crippen molar-refractivity contribution in [3.8, 4) is 0 Å². The maximum atomic E-state index is 12.3. The molecule has 180 valence electrons. The van der Waals surface area contributed by atoms with Crippen molar-refractivity contribution >= 4 is 33.3 Å². The van der Waals surface area contributed by atoms with Crippen LogP contribution in [0.3, 0.4) is 0 Å². The second-order valence-electron chi connectivity index (χ2n) is 9.73. The molecule has 1 aliphatic carbocycles. The molecule has 4 heterocycles. The Morgan fingerprint density at radius 3 is 2.70 bits per heavy atom. The fourth-order valence-electron chi connectivity index (χ4n) is 5.19. The summed E-state index contributed by atoms with van der Waals surface area (Å²) in [5.41, 5.74) is 1.49. The van der Waals surface area contributed by atoms with Gasteiger partial charge in [-0.3, -0.25) is 14.6 Å². The van der Waals surface area contributed by atoms with Crippen LogP contribution in [-0.4, -0.2) is 90.7 Å². The van der Waals surface area contributed by atoms with E-state index in [0.29, 0.717) is 6.54 Å². The lowest BCUT2D eigenvalue weighted by Gasteiger charge is -2.27. The fraction of sp³-hybridized carbons (Fsp3) is 0.708. The van der Waals surface area contributed by atoms with E-state index in [-0.39, 0.29) is 11.9 Å². The fourth-order valence-corrected chi connectivity index (χ4v) is 6.46. The highest BCUT2D eigenvalue weighted by Crippen LogP contribution is 2.40. The van der Waals surface area contributed by atoms with Gasteiger partial charge >= 0.3 is 0 Å². The van der Waals surface area contributed by atoms with Gasteiger partial charge in [0.2, 0.25) is 5.91 Å². The van der Waals surface area contributed by atoms with Crippen LogP contribution < -0.4 is 10.2 Å². The van der Waals surface area contributed by atoms with Crippen molar-refractivity contribution in [3.63, 3.8) is 0 Å². The third-order valence-electron chi connectivity index (χ3n) is 6.77. The Hall–Kier alpha value is -1.81. The van der Waals surface area contributed by atoms with Gasteiger partial charge in [0.1, 0.15) is 16.5 Å². The molecule has 3 aliphatic rings. The number of nitrogens with zero attached hydrogens (tertiary/aromatic N) is 5. The van der Waals surface area contributed by atoms with E-state index in [1.165, 1.54) is 28.7 Å². The van der Waals surface area contributed by atoms with Crippen LogP contribution in [0.15, 0.2) is 0 Å². The molecule has 8 nitrogen and oxygen atoms in total. The second kappa shape index (κ2) is 10.2. The molecule has 0 unspecified atom stereocenters. The van der Waals surface area contributed by atoms with Crippen molar-refractivity contribution in [1.29, 1.82) is 0 Å². The molecule has 0 saturated carbocycles. The number of amides is 1. The third kappa shape index (κ3) is 5.31.